The van der Waals surface area contributed by atoms with Gasteiger partial charge in [-0.25, -0.2) is 0 Å². The Morgan fingerprint density at radius 3 is 2.74 bits per heavy atom. The molecule has 3 aromatic rings. The highest BCUT2D eigenvalue weighted by Gasteiger charge is 2.21. The third kappa shape index (κ3) is 5.65. The molecule has 35 heavy (non-hydrogen) atoms. The molecule has 5 rings (SSSR count). The molecule has 184 valence electrons. The van der Waals surface area contributed by atoms with E-state index in [1.165, 1.54) is 5.56 Å². The van der Waals surface area contributed by atoms with Gasteiger partial charge in [-0.3, -0.25) is 4.79 Å². The van der Waals surface area contributed by atoms with Gasteiger partial charge in [0.05, 0.1) is 0 Å². The number of ether oxygens (including phenoxy) is 2. The summed E-state index contributed by atoms with van der Waals surface area (Å²) >= 11 is 0. The molecular weight excluding hydrogens is 442 g/mol. The molecule has 2 aliphatic rings. The Bertz CT molecular complexity index is 1170. The molecule has 3 heterocycles. The third-order valence-corrected chi connectivity index (χ3v) is 6.73. The van der Waals surface area contributed by atoms with Crippen LogP contribution in [0.3, 0.4) is 0 Å². The Morgan fingerprint density at radius 1 is 1.06 bits per heavy atom. The molecule has 2 aliphatic heterocycles. The van der Waals surface area contributed by atoms with E-state index >= 15 is 0 Å². The molecule has 0 bridgehead atoms. The third-order valence-electron chi connectivity index (χ3n) is 6.73. The monoisotopic (exact) mass is 475 g/mol. The Hall–Kier alpha value is -3.39. The Labute approximate surface area is 206 Å². The van der Waals surface area contributed by atoms with Crippen LogP contribution in [0.5, 0.6) is 11.5 Å². The maximum atomic E-state index is 12.4. The normalized spacial score (nSPS) is 15.9. The smallest absolute Gasteiger partial charge is 0.251 e. The van der Waals surface area contributed by atoms with Crippen LogP contribution in [0.15, 0.2) is 42.5 Å². The summed E-state index contributed by atoms with van der Waals surface area (Å²) in [5.74, 6) is 4.14. The molecule has 0 radical (unpaired) electrons. The van der Waals surface area contributed by atoms with E-state index in [4.69, 9.17) is 9.47 Å². The Kier molecular flexibility index (Phi) is 6.99. The zero-order chi connectivity index (χ0) is 24.2. The van der Waals surface area contributed by atoms with Gasteiger partial charge in [-0.1, -0.05) is 30.7 Å². The molecule has 0 saturated carbocycles. The van der Waals surface area contributed by atoms with E-state index in [0.717, 1.165) is 67.7 Å². The highest BCUT2D eigenvalue weighted by molar-refractivity contribution is 5.94. The van der Waals surface area contributed by atoms with Crippen LogP contribution in [0.25, 0.3) is 0 Å². The van der Waals surface area contributed by atoms with E-state index in [0.29, 0.717) is 31.2 Å². The molecule has 2 aromatic carbocycles. The van der Waals surface area contributed by atoms with Crippen LogP contribution in [0, 0.1) is 12.8 Å². The number of nitrogens with zero attached hydrogens (tertiary/aromatic N) is 4. The average Bonchev–Trinajstić information content (AvgIpc) is 3.42. The minimum Gasteiger partial charge on any atom is -0.454 e. The van der Waals surface area contributed by atoms with Crippen molar-refractivity contribution in [2.75, 3.05) is 33.0 Å². The van der Waals surface area contributed by atoms with E-state index < -0.39 is 0 Å². The lowest BCUT2D eigenvalue weighted by atomic mass is 10.00. The maximum absolute atomic E-state index is 12.4. The van der Waals surface area contributed by atoms with Crippen molar-refractivity contribution in [3.05, 3.63) is 70.8 Å². The Morgan fingerprint density at radius 2 is 1.89 bits per heavy atom. The predicted molar refractivity (Wildman–Crippen MR) is 133 cm³/mol. The van der Waals surface area contributed by atoms with Crippen molar-refractivity contribution >= 4 is 5.91 Å². The van der Waals surface area contributed by atoms with Crippen molar-refractivity contribution in [1.82, 2.24) is 25.0 Å². The molecule has 1 aromatic heterocycles. The minimum atomic E-state index is -0.0526. The van der Waals surface area contributed by atoms with Crippen molar-refractivity contribution in [2.45, 2.75) is 39.7 Å². The fourth-order valence-electron chi connectivity index (χ4n) is 4.86. The summed E-state index contributed by atoms with van der Waals surface area (Å²) in [6.45, 7) is 9.04. The van der Waals surface area contributed by atoms with Gasteiger partial charge < -0.3 is 24.3 Å². The van der Waals surface area contributed by atoms with Gasteiger partial charge in [0.25, 0.3) is 5.91 Å². The quantitative estimate of drug-likeness (QED) is 0.539. The number of amides is 1. The molecular formula is C27H33N5O3. The van der Waals surface area contributed by atoms with E-state index in [-0.39, 0.29) is 5.91 Å². The van der Waals surface area contributed by atoms with Crippen LogP contribution >= 0.6 is 0 Å². The summed E-state index contributed by atoms with van der Waals surface area (Å²) in [5.41, 5.74) is 3.11. The van der Waals surface area contributed by atoms with Gasteiger partial charge in [-0.05, 0) is 49.1 Å². The summed E-state index contributed by atoms with van der Waals surface area (Å²) < 4.78 is 13.2. The van der Waals surface area contributed by atoms with Crippen molar-refractivity contribution in [3.63, 3.8) is 0 Å². The zero-order valence-electron chi connectivity index (χ0n) is 20.5. The number of carbonyl (C=O) groups excluding carboxylic acids is 1. The summed E-state index contributed by atoms with van der Waals surface area (Å²) in [4.78, 5) is 14.9. The number of aromatic nitrogens is 3. The van der Waals surface area contributed by atoms with Crippen LogP contribution in [0.4, 0.5) is 0 Å². The van der Waals surface area contributed by atoms with Crippen molar-refractivity contribution in [1.29, 1.82) is 0 Å². The topological polar surface area (TPSA) is 81.5 Å². The first-order valence-corrected chi connectivity index (χ1v) is 12.4. The molecule has 0 aliphatic carbocycles. The second kappa shape index (κ2) is 10.5. The fourth-order valence-corrected chi connectivity index (χ4v) is 4.86. The highest BCUT2D eigenvalue weighted by Crippen LogP contribution is 2.33. The lowest BCUT2D eigenvalue weighted by Gasteiger charge is -2.24. The summed E-state index contributed by atoms with van der Waals surface area (Å²) in [7, 11) is 0. The number of fused-ring (bicyclic) bond motifs is 2. The van der Waals surface area contributed by atoms with Gasteiger partial charge in [0.1, 0.15) is 11.6 Å². The second-order valence-electron chi connectivity index (χ2n) is 9.60. The van der Waals surface area contributed by atoms with Gasteiger partial charge in [0.2, 0.25) is 6.79 Å². The fraction of sp³-hybridized carbons (Fsp3) is 0.444. The lowest BCUT2D eigenvalue weighted by Crippen LogP contribution is -2.32. The van der Waals surface area contributed by atoms with Crippen molar-refractivity contribution < 1.29 is 14.3 Å². The van der Waals surface area contributed by atoms with Gasteiger partial charge in [-0.15, -0.1) is 10.2 Å². The van der Waals surface area contributed by atoms with Crippen molar-refractivity contribution in [2.24, 2.45) is 5.92 Å². The highest BCUT2D eigenvalue weighted by atomic mass is 16.7. The first kappa shape index (κ1) is 23.4. The van der Waals surface area contributed by atoms with Crippen LogP contribution in [0.2, 0.25) is 0 Å². The number of carbonyl (C=O) groups is 1. The van der Waals surface area contributed by atoms with Crippen LogP contribution in [-0.2, 0) is 25.8 Å². The zero-order valence-corrected chi connectivity index (χ0v) is 20.5. The minimum absolute atomic E-state index is 0.0526. The molecule has 0 spiro atoms. The molecule has 0 fully saturated rings. The number of hydrogen-bond donors (Lipinski definition) is 1. The van der Waals surface area contributed by atoms with Crippen molar-refractivity contribution in [3.8, 4) is 11.5 Å². The van der Waals surface area contributed by atoms with E-state index in [2.05, 4.69) is 44.0 Å². The molecule has 1 amide bonds. The van der Waals surface area contributed by atoms with Crippen LogP contribution in [0.1, 0.15) is 40.1 Å². The largest absolute Gasteiger partial charge is 0.454 e. The SMILES string of the molecule is Cc1ccc(C(=O)NCCc2nnc3n2CCN(C[C@@H](C)Cc2ccc4c(c2)OCO4)CC3)cc1. The first-order chi connectivity index (χ1) is 17.0. The maximum Gasteiger partial charge on any atom is 0.251 e. The summed E-state index contributed by atoms with van der Waals surface area (Å²) in [6.07, 6.45) is 2.57. The standard InChI is InChI=1S/C27H33N5O3/c1-19-3-6-22(7-4-19)27(33)28-11-9-25-29-30-26-10-12-31(13-14-32(25)26)17-20(2)15-21-5-8-23-24(16-21)35-18-34-23/h3-8,16,20H,9-15,17-18H2,1-2H3,(H,28,33)/t20-/m0/s1. The van der Waals surface area contributed by atoms with Gasteiger partial charge in [0, 0.05) is 51.1 Å². The van der Waals surface area contributed by atoms with Gasteiger partial charge >= 0.3 is 0 Å². The number of rotatable bonds is 8. The van der Waals surface area contributed by atoms with Gasteiger partial charge in [-0.2, -0.15) is 0 Å². The average molecular weight is 476 g/mol. The second-order valence-corrected chi connectivity index (χ2v) is 9.60. The van der Waals surface area contributed by atoms with E-state index in [1.54, 1.807) is 0 Å². The molecule has 1 atom stereocenters. The molecule has 0 unspecified atom stereocenters. The lowest BCUT2D eigenvalue weighted by molar-refractivity contribution is 0.0954. The van der Waals surface area contributed by atoms with Gasteiger partial charge in [0.15, 0.2) is 11.5 Å². The number of nitrogens with one attached hydrogen (secondary N) is 1. The molecule has 8 heteroatoms. The molecule has 0 saturated heterocycles. The number of aryl methyl sites for hydroxylation is 1. The first-order valence-electron chi connectivity index (χ1n) is 12.4. The summed E-state index contributed by atoms with van der Waals surface area (Å²) in [6, 6.07) is 13.9. The summed E-state index contributed by atoms with van der Waals surface area (Å²) in [5, 5.41) is 11.9. The molecule has 8 nitrogen and oxygen atoms in total. The van der Waals surface area contributed by atoms with E-state index in [1.807, 2.05) is 37.3 Å². The van der Waals surface area contributed by atoms with Crippen LogP contribution in [-0.4, -0.2) is 58.5 Å². The van der Waals surface area contributed by atoms with E-state index in [9.17, 15) is 4.79 Å². The number of hydrogen-bond acceptors (Lipinski definition) is 6. The number of benzene rings is 2. The molecule has 1 N–H and O–H groups in total. The van der Waals surface area contributed by atoms with Crippen LogP contribution < -0.4 is 14.8 Å². The predicted octanol–water partition coefficient (Wildman–Crippen LogP) is 3.02. The Balaban J connectivity index is 1.10.